The van der Waals surface area contributed by atoms with E-state index < -0.39 is 5.60 Å². The Bertz CT molecular complexity index is 731. The van der Waals surface area contributed by atoms with E-state index in [4.69, 9.17) is 5.21 Å². The van der Waals surface area contributed by atoms with E-state index in [9.17, 15) is 5.11 Å². The maximum absolute atomic E-state index is 10.9. The predicted octanol–water partition coefficient (Wildman–Crippen LogP) is 3.08. The summed E-state index contributed by atoms with van der Waals surface area (Å²) in [6.45, 7) is 2.63. The normalized spacial score (nSPS) is 37.8. The van der Waals surface area contributed by atoms with Crippen molar-refractivity contribution in [3.05, 3.63) is 29.1 Å². The van der Waals surface area contributed by atoms with Crippen molar-refractivity contribution in [1.29, 1.82) is 0 Å². The van der Waals surface area contributed by atoms with Gasteiger partial charge in [-0.15, -0.1) is 0 Å². The zero-order chi connectivity index (χ0) is 17.9. The number of anilines is 1. The van der Waals surface area contributed by atoms with Crippen molar-refractivity contribution in [1.82, 2.24) is 10.5 Å². The Morgan fingerprint density at radius 2 is 2.04 bits per heavy atom. The molecule has 140 valence electrons. The molecule has 3 unspecified atom stereocenters. The highest BCUT2D eigenvalue weighted by Crippen LogP contribution is 2.56. The first kappa shape index (κ1) is 16.7. The van der Waals surface area contributed by atoms with Gasteiger partial charge in [-0.25, -0.2) is 5.48 Å². The standard InChI is InChI=1S/C21H29N3O2/c1-12(10-23-26)17-11-22-18-4-2-3-16(18)20(17)24-19-14-5-13-6-15(19)9-21(25,7-13)8-14/h2-3,11-15,19,23,25-26H,4-10H2,1H3,(H,22,24). The van der Waals surface area contributed by atoms with Gasteiger partial charge in [0.15, 0.2) is 0 Å². The molecule has 0 saturated heterocycles. The van der Waals surface area contributed by atoms with Crippen LogP contribution in [0.4, 0.5) is 5.69 Å². The summed E-state index contributed by atoms with van der Waals surface area (Å²) >= 11 is 0. The lowest BCUT2D eigenvalue weighted by atomic mass is 9.52. The van der Waals surface area contributed by atoms with E-state index in [0.717, 1.165) is 37.3 Å². The van der Waals surface area contributed by atoms with E-state index in [1.54, 1.807) is 0 Å². The Kier molecular flexibility index (Phi) is 3.89. The van der Waals surface area contributed by atoms with Gasteiger partial charge in [-0.3, -0.25) is 4.98 Å². The number of hydrogen-bond donors (Lipinski definition) is 4. The van der Waals surface area contributed by atoms with Crippen LogP contribution in [0.5, 0.6) is 0 Å². The smallest absolute Gasteiger partial charge is 0.0657 e. The molecular formula is C21H29N3O2. The highest BCUT2D eigenvalue weighted by Gasteiger charge is 2.54. The van der Waals surface area contributed by atoms with Crippen LogP contribution in [0, 0.1) is 17.8 Å². The average Bonchev–Trinajstić information content (AvgIpc) is 3.05. The quantitative estimate of drug-likeness (QED) is 0.611. The summed E-state index contributed by atoms with van der Waals surface area (Å²) in [5, 5.41) is 24.0. The number of rotatable bonds is 5. The first-order chi connectivity index (χ1) is 12.6. The number of hydroxylamine groups is 1. The van der Waals surface area contributed by atoms with Crippen LogP contribution >= 0.6 is 0 Å². The molecule has 1 aromatic heterocycles. The number of nitrogens with one attached hydrogen (secondary N) is 2. The van der Waals surface area contributed by atoms with Crippen molar-refractivity contribution in [2.24, 2.45) is 17.8 Å². The molecule has 0 spiro atoms. The molecule has 5 aliphatic rings. The molecule has 4 bridgehead atoms. The molecule has 0 aliphatic heterocycles. The lowest BCUT2D eigenvalue weighted by Crippen LogP contribution is -2.59. The lowest BCUT2D eigenvalue weighted by molar-refractivity contribution is -0.129. The number of fused-ring (bicyclic) bond motifs is 1. The monoisotopic (exact) mass is 355 g/mol. The molecule has 1 heterocycles. The Morgan fingerprint density at radius 3 is 2.73 bits per heavy atom. The van der Waals surface area contributed by atoms with Gasteiger partial charge in [0.2, 0.25) is 0 Å². The Hall–Kier alpha value is -1.43. The van der Waals surface area contributed by atoms with E-state index in [1.807, 2.05) is 6.20 Å². The topological polar surface area (TPSA) is 77.4 Å². The zero-order valence-corrected chi connectivity index (χ0v) is 15.4. The third-order valence-electron chi connectivity index (χ3n) is 7.30. The summed E-state index contributed by atoms with van der Waals surface area (Å²) in [6, 6.07) is 0.445. The van der Waals surface area contributed by atoms with Crippen molar-refractivity contribution in [3.63, 3.8) is 0 Å². The van der Waals surface area contributed by atoms with Crippen LogP contribution in [-0.4, -0.2) is 33.5 Å². The molecule has 6 rings (SSSR count). The van der Waals surface area contributed by atoms with Crippen LogP contribution in [0.25, 0.3) is 6.08 Å². The molecule has 5 heteroatoms. The number of pyridine rings is 1. The van der Waals surface area contributed by atoms with Gasteiger partial charge >= 0.3 is 0 Å². The molecule has 1 aromatic rings. The van der Waals surface area contributed by atoms with Crippen LogP contribution in [0.3, 0.4) is 0 Å². The van der Waals surface area contributed by atoms with Crippen molar-refractivity contribution in [3.8, 4) is 0 Å². The molecule has 0 radical (unpaired) electrons. The van der Waals surface area contributed by atoms with Crippen molar-refractivity contribution in [2.75, 3.05) is 11.9 Å². The van der Waals surface area contributed by atoms with E-state index in [2.05, 4.69) is 34.9 Å². The maximum atomic E-state index is 10.9. The fourth-order valence-electron chi connectivity index (χ4n) is 6.38. The third kappa shape index (κ3) is 2.60. The number of allylic oxidation sites excluding steroid dienone is 1. The molecule has 5 aliphatic carbocycles. The van der Waals surface area contributed by atoms with Gasteiger partial charge in [-0.2, -0.15) is 0 Å². The minimum absolute atomic E-state index is 0.176. The highest BCUT2D eigenvalue weighted by atomic mass is 16.5. The van der Waals surface area contributed by atoms with E-state index in [1.165, 1.54) is 29.7 Å². The molecule has 5 nitrogen and oxygen atoms in total. The Morgan fingerprint density at radius 1 is 1.27 bits per heavy atom. The van der Waals surface area contributed by atoms with Crippen LogP contribution in [-0.2, 0) is 6.42 Å². The Labute approximate surface area is 154 Å². The fraction of sp³-hybridized carbons (Fsp3) is 0.667. The number of aromatic nitrogens is 1. The lowest BCUT2D eigenvalue weighted by Gasteiger charge is -2.58. The molecule has 26 heavy (non-hydrogen) atoms. The molecule has 0 aromatic carbocycles. The highest BCUT2D eigenvalue weighted by molar-refractivity contribution is 5.75. The molecule has 3 atom stereocenters. The molecule has 4 fully saturated rings. The summed E-state index contributed by atoms with van der Waals surface area (Å²) in [4.78, 5) is 4.67. The SMILES string of the molecule is CC(CNO)c1cnc2c(c1NC1C3CC4CC1CC(O)(C4)C3)C=CC2. The van der Waals surface area contributed by atoms with Gasteiger partial charge in [-0.1, -0.05) is 19.1 Å². The van der Waals surface area contributed by atoms with Crippen molar-refractivity contribution < 1.29 is 10.3 Å². The van der Waals surface area contributed by atoms with Crippen molar-refractivity contribution >= 4 is 11.8 Å². The van der Waals surface area contributed by atoms with Gasteiger partial charge in [0.25, 0.3) is 0 Å². The Balaban J connectivity index is 1.49. The second-order valence-electron chi connectivity index (χ2n) is 9.18. The number of hydrogen-bond acceptors (Lipinski definition) is 5. The largest absolute Gasteiger partial charge is 0.390 e. The zero-order valence-electron chi connectivity index (χ0n) is 15.4. The van der Waals surface area contributed by atoms with Gasteiger partial charge < -0.3 is 15.6 Å². The summed E-state index contributed by atoms with van der Waals surface area (Å²) in [7, 11) is 0. The first-order valence-electron chi connectivity index (χ1n) is 10.1. The summed E-state index contributed by atoms with van der Waals surface area (Å²) in [6.07, 6.45) is 12.7. The van der Waals surface area contributed by atoms with Gasteiger partial charge in [0, 0.05) is 36.5 Å². The summed E-state index contributed by atoms with van der Waals surface area (Å²) in [5.74, 6) is 2.03. The minimum atomic E-state index is -0.397. The van der Waals surface area contributed by atoms with Gasteiger partial charge in [0.1, 0.15) is 0 Å². The van der Waals surface area contributed by atoms with Crippen LogP contribution in [0.15, 0.2) is 12.3 Å². The van der Waals surface area contributed by atoms with Gasteiger partial charge in [-0.05, 0) is 61.3 Å². The summed E-state index contributed by atoms with van der Waals surface area (Å²) < 4.78 is 0. The van der Waals surface area contributed by atoms with Crippen LogP contribution < -0.4 is 10.8 Å². The van der Waals surface area contributed by atoms with Crippen molar-refractivity contribution in [2.45, 2.75) is 63.0 Å². The van der Waals surface area contributed by atoms with Crippen LogP contribution in [0.1, 0.15) is 61.8 Å². The minimum Gasteiger partial charge on any atom is -0.390 e. The predicted molar refractivity (Wildman–Crippen MR) is 101 cm³/mol. The third-order valence-corrected chi connectivity index (χ3v) is 7.30. The number of nitrogens with zero attached hydrogens (tertiary/aromatic N) is 1. The van der Waals surface area contributed by atoms with Gasteiger partial charge in [0.05, 0.1) is 11.3 Å². The second kappa shape index (κ2) is 6.04. The number of aliphatic hydroxyl groups is 1. The maximum Gasteiger partial charge on any atom is 0.0657 e. The molecule has 4 N–H and O–H groups in total. The first-order valence-corrected chi connectivity index (χ1v) is 10.1. The summed E-state index contributed by atoms with van der Waals surface area (Å²) in [5.41, 5.74) is 6.66. The second-order valence-corrected chi connectivity index (χ2v) is 9.18. The molecular weight excluding hydrogens is 326 g/mol. The van der Waals surface area contributed by atoms with E-state index >= 15 is 0 Å². The van der Waals surface area contributed by atoms with E-state index in [-0.39, 0.29) is 5.92 Å². The molecule has 4 saturated carbocycles. The van der Waals surface area contributed by atoms with E-state index in [0.29, 0.717) is 24.4 Å². The van der Waals surface area contributed by atoms with Crippen LogP contribution in [0.2, 0.25) is 0 Å². The fourth-order valence-corrected chi connectivity index (χ4v) is 6.38. The molecule has 0 amide bonds. The average molecular weight is 355 g/mol.